The van der Waals surface area contributed by atoms with Gasteiger partial charge >= 0.3 is 14.2 Å². The van der Waals surface area contributed by atoms with Crippen LogP contribution in [0.25, 0.3) is 0 Å². The van der Waals surface area contributed by atoms with E-state index in [1.54, 1.807) is 0 Å². The number of benzene rings is 4. The predicted molar refractivity (Wildman–Crippen MR) is 135 cm³/mol. The van der Waals surface area contributed by atoms with Gasteiger partial charge in [-0.1, -0.05) is 103 Å². The third-order valence-corrected chi connectivity index (χ3v) is 5.53. The van der Waals surface area contributed by atoms with Gasteiger partial charge in [-0.15, -0.1) is 0 Å². The van der Waals surface area contributed by atoms with E-state index in [9.17, 15) is 0 Å². The summed E-state index contributed by atoms with van der Waals surface area (Å²) >= 11 is 0. The monoisotopic (exact) mass is 431 g/mol. The summed E-state index contributed by atoms with van der Waals surface area (Å²) in [7, 11) is -1.28. The lowest BCUT2D eigenvalue weighted by Crippen LogP contribution is -2.50. The Labute approximate surface area is 195 Å². The smallest absolute Gasteiger partial charge is 0.532 e. The summed E-state index contributed by atoms with van der Waals surface area (Å²) < 4.78 is 19.3. The first-order chi connectivity index (χ1) is 16.4. The van der Waals surface area contributed by atoms with Gasteiger partial charge in [0, 0.05) is 11.8 Å². The van der Waals surface area contributed by atoms with Gasteiger partial charge in [0.25, 0.3) is 0 Å². The minimum Gasteiger partial charge on any atom is -0.532 e. The van der Waals surface area contributed by atoms with Crippen molar-refractivity contribution in [1.82, 2.24) is 0 Å². The van der Waals surface area contributed by atoms with E-state index in [0.29, 0.717) is 12.4 Å². The number of aliphatic imine (C=N–C) groups is 1. The molecular weight excluding hydrogens is 408 g/mol. The Hall–Kier alpha value is -3.60. The van der Waals surface area contributed by atoms with Crippen LogP contribution in [0.3, 0.4) is 0 Å². The zero-order valence-corrected chi connectivity index (χ0v) is 18.2. The summed E-state index contributed by atoms with van der Waals surface area (Å²) in [6.45, 7) is 0.365. The van der Waals surface area contributed by atoms with Gasteiger partial charge in [0.15, 0.2) is 0 Å². The molecular formula is C27H23B2NO3. The average molecular weight is 431 g/mol. The molecule has 0 fully saturated rings. The normalized spacial score (nSPS) is 16.4. The summed E-state index contributed by atoms with van der Waals surface area (Å²) in [6.07, 6.45) is 1.86. The van der Waals surface area contributed by atoms with Crippen LogP contribution in [0.2, 0.25) is 0 Å². The second-order valence-electron chi connectivity index (χ2n) is 7.81. The zero-order valence-electron chi connectivity index (χ0n) is 18.2. The van der Waals surface area contributed by atoms with Crippen LogP contribution < -0.4 is 15.6 Å². The van der Waals surface area contributed by atoms with E-state index in [4.69, 9.17) is 18.9 Å². The largest absolute Gasteiger partial charge is 0.549 e. The van der Waals surface area contributed by atoms with Crippen molar-refractivity contribution in [2.24, 2.45) is 4.99 Å². The molecule has 0 unspecified atom stereocenters. The van der Waals surface area contributed by atoms with Gasteiger partial charge in [-0.3, -0.25) is 4.99 Å². The van der Waals surface area contributed by atoms with Crippen LogP contribution in [0, 0.1) is 0 Å². The van der Waals surface area contributed by atoms with E-state index in [1.165, 1.54) is 0 Å². The quantitative estimate of drug-likeness (QED) is 0.460. The van der Waals surface area contributed by atoms with Crippen molar-refractivity contribution in [2.45, 2.75) is 6.04 Å². The van der Waals surface area contributed by atoms with Crippen molar-refractivity contribution in [2.75, 3.05) is 6.61 Å². The van der Waals surface area contributed by atoms with Gasteiger partial charge in [-0.2, -0.15) is 0 Å². The molecule has 4 aromatic rings. The molecule has 0 bridgehead atoms. The van der Waals surface area contributed by atoms with Crippen LogP contribution in [0.1, 0.15) is 17.2 Å². The number of hydrogen-bond donors (Lipinski definition) is 0. The summed E-state index contributed by atoms with van der Waals surface area (Å²) in [5.41, 5.74) is 3.80. The molecule has 0 spiro atoms. The standard InChI is InChI=1S/C27H23B2NO3/c1-4-12-22(13-5-1)26-21-31-28(24-15-6-2-7-16-24)33-29(25-17-8-3-9-18-25)32-27-19-11-10-14-23(27)20-30-26/h1-20,26H,21H2/t26-/m0/s1. The molecule has 4 nitrogen and oxygen atoms in total. The molecule has 33 heavy (non-hydrogen) atoms. The molecule has 1 atom stereocenters. The van der Waals surface area contributed by atoms with Crippen LogP contribution in [0.15, 0.2) is 120 Å². The van der Waals surface area contributed by atoms with Crippen molar-refractivity contribution in [3.8, 4) is 5.75 Å². The molecule has 1 aliphatic rings. The molecule has 0 amide bonds. The van der Waals surface area contributed by atoms with Crippen LogP contribution >= 0.6 is 0 Å². The van der Waals surface area contributed by atoms with Gasteiger partial charge in [-0.05, 0) is 28.6 Å². The average Bonchev–Trinajstić information content (AvgIpc) is 2.93. The Morgan fingerprint density at radius 2 is 1.21 bits per heavy atom. The molecule has 4 aromatic carbocycles. The maximum atomic E-state index is 6.50. The van der Waals surface area contributed by atoms with E-state index in [-0.39, 0.29) is 6.04 Å². The fraction of sp³-hybridized carbons (Fsp3) is 0.0741. The van der Waals surface area contributed by atoms with E-state index in [1.807, 2.05) is 109 Å². The molecule has 1 aliphatic heterocycles. The first-order valence-corrected chi connectivity index (χ1v) is 11.1. The molecule has 0 aliphatic carbocycles. The van der Waals surface area contributed by atoms with Crippen LogP contribution in [0.4, 0.5) is 0 Å². The highest BCUT2D eigenvalue weighted by Crippen LogP contribution is 2.23. The third kappa shape index (κ3) is 5.25. The van der Waals surface area contributed by atoms with Crippen molar-refractivity contribution in [1.29, 1.82) is 0 Å². The first-order valence-electron chi connectivity index (χ1n) is 11.1. The number of fused-ring (bicyclic) bond motifs is 1. The summed E-state index contributed by atoms with van der Waals surface area (Å²) in [5, 5.41) is 0. The van der Waals surface area contributed by atoms with E-state index in [0.717, 1.165) is 22.1 Å². The summed E-state index contributed by atoms with van der Waals surface area (Å²) in [4.78, 5) is 4.88. The molecule has 5 rings (SSSR count). The van der Waals surface area contributed by atoms with Crippen molar-refractivity contribution in [3.63, 3.8) is 0 Å². The third-order valence-electron chi connectivity index (χ3n) is 5.53. The van der Waals surface area contributed by atoms with Crippen LogP contribution in [0.5, 0.6) is 5.75 Å². The molecule has 6 heteroatoms. The molecule has 0 saturated carbocycles. The molecule has 0 N–H and O–H groups in total. The van der Waals surface area contributed by atoms with E-state index < -0.39 is 14.2 Å². The van der Waals surface area contributed by atoms with Gasteiger partial charge in [-0.25, -0.2) is 0 Å². The minimum absolute atomic E-state index is 0.178. The van der Waals surface area contributed by atoms with Crippen molar-refractivity contribution >= 4 is 31.4 Å². The molecule has 0 radical (unpaired) electrons. The second kappa shape index (κ2) is 10.3. The fourth-order valence-corrected chi connectivity index (χ4v) is 3.78. The molecule has 160 valence electrons. The topological polar surface area (TPSA) is 40.0 Å². The molecule has 0 saturated heterocycles. The van der Waals surface area contributed by atoms with Gasteiger partial charge < -0.3 is 13.9 Å². The van der Waals surface area contributed by atoms with Crippen LogP contribution in [-0.4, -0.2) is 27.1 Å². The number of nitrogens with zero attached hydrogens (tertiary/aromatic N) is 1. The lowest BCUT2D eigenvalue weighted by atomic mass is 9.70. The maximum Gasteiger partial charge on any atom is 0.549 e. The first kappa shape index (κ1) is 21.3. The highest BCUT2D eigenvalue weighted by atomic mass is 16.6. The molecule has 0 aromatic heterocycles. The Balaban J connectivity index is 1.57. The number of rotatable bonds is 3. The second-order valence-corrected chi connectivity index (χ2v) is 7.81. The van der Waals surface area contributed by atoms with Crippen molar-refractivity contribution in [3.05, 3.63) is 126 Å². The van der Waals surface area contributed by atoms with Crippen molar-refractivity contribution < 1.29 is 13.9 Å². The highest BCUT2D eigenvalue weighted by Gasteiger charge is 2.34. The maximum absolute atomic E-state index is 6.50. The van der Waals surface area contributed by atoms with E-state index in [2.05, 4.69) is 12.1 Å². The number of para-hydroxylation sites is 1. The van der Waals surface area contributed by atoms with Crippen LogP contribution in [-0.2, 0) is 9.23 Å². The Morgan fingerprint density at radius 1 is 0.636 bits per heavy atom. The lowest BCUT2D eigenvalue weighted by Gasteiger charge is -2.22. The van der Waals surface area contributed by atoms with E-state index >= 15 is 0 Å². The Kier molecular flexibility index (Phi) is 6.66. The predicted octanol–water partition coefficient (Wildman–Crippen LogP) is 4.06. The summed E-state index contributed by atoms with van der Waals surface area (Å²) in [6, 6.07) is 37.7. The van der Waals surface area contributed by atoms with Gasteiger partial charge in [0.1, 0.15) is 5.75 Å². The van der Waals surface area contributed by atoms with Gasteiger partial charge in [0.2, 0.25) is 0 Å². The highest BCUT2D eigenvalue weighted by molar-refractivity contribution is 6.74. The SMILES string of the molecule is C1=N[C@H](c2ccccc2)COB(c2ccccc2)OB(c2ccccc2)Oc2ccccc21. The Bertz CT molecular complexity index is 1190. The number of hydrogen-bond acceptors (Lipinski definition) is 4. The lowest BCUT2D eigenvalue weighted by molar-refractivity contribution is 0.249. The molecule has 1 heterocycles. The summed E-state index contributed by atoms with van der Waals surface area (Å²) in [5.74, 6) is 0.704. The zero-order chi connectivity index (χ0) is 22.3. The van der Waals surface area contributed by atoms with Gasteiger partial charge in [0.05, 0.1) is 12.6 Å². The fourth-order valence-electron chi connectivity index (χ4n) is 3.78. The Morgan fingerprint density at radius 3 is 1.91 bits per heavy atom. The minimum atomic E-state index is -0.653.